The fourth-order valence-corrected chi connectivity index (χ4v) is 4.34. The van der Waals surface area contributed by atoms with Crippen LogP contribution in [0, 0.1) is 18.3 Å². The van der Waals surface area contributed by atoms with Gasteiger partial charge < -0.3 is 0 Å². The lowest BCUT2D eigenvalue weighted by Crippen LogP contribution is -2.22. The van der Waals surface area contributed by atoms with Crippen LogP contribution in [0.15, 0.2) is 76.7 Å². The average Bonchev–Trinajstić information content (AvgIpc) is 2.75. The van der Waals surface area contributed by atoms with Crippen LogP contribution in [0.3, 0.4) is 0 Å². The Hall–Kier alpha value is -3.07. The topological polar surface area (TPSA) is 58.7 Å². The molecule has 0 bridgehead atoms. The zero-order chi connectivity index (χ0) is 20.4. The number of aromatic nitrogens is 2. The molecule has 1 aromatic heterocycles. The third-order valence-corrected chi connectivity index (χ3v) is 6.12. The standard InChI is InChI=1S/C23H16ClN3OS/c1-15-19(24)10-6-12-21(15)27-22(28)18-9-4-5-11-20(18)26-23(27)29-14-17-8-3-2-7-16(17)13-25/h2-12H,14H2,1H3. The van der Waals surface area contributed by atoms with Crippen molar-refractivity contribution in [2.45, 2.75) is 17.8 Å². The van der Waals surface area contributed by atoms with Crippen LogP contribution in [0.2, 0.25) is 5.02 Å². The van der Waals surface area contributed by atoms with Gasteiger partial charge in [-0.3, -0.25) is 9.36 Å². The van der Waals surface area contributed by atoms with Crippen LogP contribution < -0.4 is 5.56 Å². The minimum atomic E-state index is -0.142. The Bertz CT molecular complexity index is 1320. The molecule has 0 fully saturated rings. The van der Waals surface area contributed by atoms with Crippen LogP contribution >= 0.6 is 23.4 Å². The summed E-state index contributed by atoms with van der Waals surface area (Å²) in [7, 11) is 0. The molecule has 0 saturated heterocycles. The van der Waals surface area contributed by atoms with Gasteiger partial charge in [-0.2, -0.15) is 5.26 Å². The number of nitriles is 1. The molecular formula is C23H16ClN3OS. The summed E-state index contributed by atoms with van der Waals surface area (Å²) >= 11 is 7.75. The van der Waals surface area contributed by atoms with Gasteiger partial charge in [-0.15, -0.1) is 0 Å². The van der Waals surface area contributed by atoms with Crippen molar-refractivity contribution in [3.05, 3.63) is 98.8 Å². The molecule has 1 heterocycles. The van der Waals surface area contributed by atoms with Crippen molar-refractivity contribution in [1.29, 1.82) is 5.26 Å². The number of para-hydroxylation sites is 1. The Balaban J connectivity index is 1.89. The molecule has 0 saturated carbocycles. The number of halogens is 1. The normalized spacial score (nSPS) is 10.8. The number of benzene rings is 3. The van der Waals surface area contributed by atoms with Crippen LogP contribution in [-0.2, 0) is 5.75 Å². The summed E-state index contributed by atoms with van der Waals surface area (Å²) in [5.41, 5.74) is 3.54. The molecule has 0 atom stereocenters. The molecule has 3 aromatic carbocycles. The number of hydrogen-bond donors (Lipinski definition) is 0. The first kappa shape index (κ1) is 19.3. The summed E-state index contributed by atoms with van der Waals surface area (Å²) < 4.78 is 1.61. The maximum atomic E-state index is 13.4. The van der Waals surface area contributed by atoms with E-state index in [9.17, 15) is 10.1 Å². The highest BCUT2D eigenvalue weighted by atomic mass is 35.5. The van der Waals surface area contributed by atoms with E-state index in [1.807, 2.05) is 55.5 Å². The van der Waals surface area contributed by atoms with Gasteiger partial charge in [-0.1, -0.05) is 59.8 Å². The van der Waals surface area contributed by atoms with Gasteiger partial charge in [0.05, 0.1) is 28.2 Å². The van der Waals surface area contributed by atoms with Crippen molar-refractivity contribution in [2.75, 3.05) is 0 Å². The fraction of sp³-hybridized carbons (Fsp3) is 0.0870. The minimum Gasteiger partial charge on any atom is -0.268 e. The van der Waals surface area contributed by atoms with E-state index >= 15 is 0 Å². The summed E-state index contributed by atoms with van der Waals surface area (Å²) in [5, 5.41) is 11.1. The van der Waals surface area contributed by atoms with E-state index in [0.717, 1.165) is 11.1 Å². The number of nitrogens with zero attached hydrogens (tertiary/aromatic N) is 3. The highest BCUT2D eigenvalue weighted by Gasteiger charge is 2.16. The Kier molecular flexibility index (Phi) is 5.39. The second-order valence-electron chi connectivity index (χ2n) is 6.49. The molecule has 4 nitrogen and oxygen atoms in total. The van der Waals surface area contributed by atoms with E-state index in [2.05, 4.69) is 6.07 Å². The monoisotopic (exact) mass is 417 g/mol. The molecule has 0 spiro atoms. The maximum Gasteiger partial charge on any atom is 0.266 e. The molecule has 4 rings (SSSR count). The molecule has 29 heavy (non-hydrogen) atoms. The molecule has 4 aromatic rings. The number of hydrogen-bond acceptors (Lipinski definition) is 4. The number of fused-ring (bicyclic) bond motifs is 1. The maximum absolute atomic E-state index is 13.4. The van der Waals surface area contributed by atoms with Gasteiger partial charge in [0.25, 0.3) is 5.56 Å². The molecule has 0 aliphatic rings. The quantitative estimate of drug-likeness (QED) is 0.324. The molecular weight excluding hydrogens is 402 g/mol. The van der Waals surface area contributed by atoms with Crippen molar-refractivity contribution in [3.63, 3.8) is 0 Å². The second kappa shape index (κ2) is 8.12. The van der Waals surface area contributed by atoms with Gasteiger partial charge in [0.15, 0.2) is 5.16 Å². The summed E-state index contributed by atoms with van der Waals surface area (Å²) in [6.07, 6.45) is 0. The van der Waals surface area contributed by atoms with Gasteiger partial charge in [0.2, 0.25) is 0 Å². The highest BCUT2D eigenvalue weighted by Crippen LogP contribution is 2.28. The van der Waals surface area contributed by atoms with Crippen LogP contribution in [0.25, 0.3) is 16.6 Å². The summed E-state index contributed by atoms with van der Waals surface area (Å²) in [6, 6.07) is 22.5. The predicted octanol–water partition coefficient (Wildman–Crippen LogP) is 5.51. The fourth-order valence-electron chi connectivity index (χ4n) is 3.16. The Labute approximate surface area is 177 Å². The van der Waals surface area contributed by atoms with E-state index in [-0.39, 0.29) is 5.56 Å². The average molecular weight is 418 g/mol. The van der Waals surface area contributed by atoms with Crippen LogP contribution in [-0.4, -0.2) is 9.55 Å². The lowest BCUT2D eigenvalue weighted by atomic mass is 10.1. The second-order valence-corrected chi connectivity index (χ2v) is 7.84. The molecule has 0 N–H and O–H groups in total. The van der Waals surface area contributed by atoms with Gasteiger partial charge in [0, 0.05) is 10.8 Å². The summed E-state index contributed by atoms with van der Waals surface area (Å²) in [5.74, 6) is 0.522. The summed E-state index contributed by atoms with van der Waals surface area (Å²) in [4.78, 5) is 18.1. The van der Waals surface area contributed by atoms with Crippen LogP contribution in [0.1, 0.15) is 16.7 Å². The van der Waals surface area contributed by atoms with Crippen LogP contribution in [0.4, 0.5) is 0 Å². The molecule has 0 aliphatic carbocycles. The smallest absolute Gasteiger partial charge is 0.266 e. The molecule has 0 amide bonds. The number of rotatable bonds is 4. The molecule has 0 aliphatic heterocycles. The third kappa shape index (κ3) is 3.65. The number of thioether (sulfide) groups is 1. The van der Waals surface area contributed by atoms with Crippen molar-refractivity contribution in [1.82, 2.24) is 9.55 Å². The van der Waals surface area contributed by atoms with Crippen molar-refractivity contribution in [3.8, 4) is 11.8 Å². The lowest BCUT2D eigenvalue weighted by molar-refractivity contribution is 0.814. The van der Waals surface area contributed by atoms with E-state index in [1.165, 1.54) is 11.8 Å². The van der Waals surface area contributed by atoms with Gasteiger partial charge in [-0.05, 0) is 48.4 Å². The Morgan fingerprint density at radius 2 is 1.83 bits per heavy atom. The summed E-state index contributed by atoms with van der Waals surface area (Å²) in [6.45, 7) is 1.89. The SMILES string of the molecule is Cc1c(Cl)cccc1-n1c(SCc2ccccc2C#N)nc2ccccc2c1=O. The van der Waals surface area contributed by atoms with E-state index in [0.29, 0.717) is 38.1 Å². The van der Waals surface area contributed by atoms with Crippen molar-refractivity contribution in [2.24, 2.45) is 0 Å². The molecule has 142 valence electrons. The Morgan fingerprint density at radius 1 is 1.07 bits per heavy atom. The van der Waals surface area contributed by atoms with Crippen molar-refractivity contribution >= 4 is 34.3 Å². The lowest BCUT2D eigenvalue weighted by Gasteiger charge is -2.16. The highest BCUT2D eigenvalue weighted by molar-refractivity contribution is 7.98. The van der Waals surface area contributed by atoms with Gasteiger partial charge in [-0.25, -0.2) is 4.98 Å². The minimum absolute atomic E-state index is 0.142. The van der Waals surface area contributed by atoms with E-state index in [4.69, 9.17) is 16.6 Å². The predicted molar refractivity (Wildman–Crippen MR) is 118 cm³/mol. The molecule has 0 radical (unpaired) electrons. The largest absolute Gasteiger partial charge is 0.268 e. The first-order chi connectivity index (χ1) is 14.1. The first-order valence-corrected chi connectivity index (χ1v) is 10.3. The zero-order valence-electron chi connectivity index (χ0n) is 15.6. The van der Waals surface area contributed by atoms with Crippen molar-refractivity contribution < 1.29 is 0 Å². The molecule has 6 heteroatoms. The third-order valence-electron chi connectivity index (χ3n) is 4.72. The van der Waals surface area contributed by atoms with Crippen LogP contribution in [0.5, 0.6) is 0 Å². The van der Waals surface area contributed by atoms with E-state index in [1.54, 1.807) is 22.8 Å². The molecule has 0 unspecified atom stereocenters. The zero-order valence-corrected chi connectivity index (χ0v) is 17.2. The Morgan fingerprint density at radius 3 is 2.66 bits per heavy atom. The first-order valence-electron chi connectivity index (χ1n) is 8.98. The van der Waals surface area contributed by atoms with Gasteiger partial charge >= 0.3 is 0 Å². The van der Waals surface area contributed by atoms with E-state index < -0.39 is 0 Å². The van der Waals surface area contributed by atoms with Gasteiger partial charge in [0.1, 0.15) is 0 Å².